The fourth-order valence-electron chi connectivity index (χ4n) is 3.04. The smallest absolute Gasteiger partial charge is 0.218 e. The van der Waals surface area contributed by atoms with E-state index < -0.39 is 0 Å². The van der Waals surface area contributed by atoms with Gasteiger partial charge in [-0.2, -0.15) is 5.10 Å². The summed E-state index contributed by atoms with van der Waals surface area (Å²) < 4.78 is 1.63. The van der Waals surface area contributed by atoms with Crippen LogP contribution in [-0.2, 0) is 4.79 Å². The minimum Gasteiger partial charge on any atom is -0.508 e. The van der Waals surface area contributed by atoms with Gasteiger partial charge in [0.25, 0.3) is 0 Å². The highest BCUT2D eigenvalue weighted by atomic mass is 16.3. The molecule has 0 unspecified atom stereocenters. The molecule has 4 rings (SSSR count). The summed E-state index contributed by atoms with van der Waals surface area (Å²) in [5.41, 5.74) is 2.98. The van der Waals surface area contributed by atoms with E-state index >= 15 is 0 Å². The molecule has 0 radical (unpaired) electrons. The van der Waals surface area contributed by atoms with E-state index in [4.69, 9.17) is 0 Å². The monoisotopic (exact) mass is 372 g/mol. The lowest BCUT2D eigenvalue weighted by Gasteiger charge is -2.21. The van der Waals surface area contributed by atoms with E-state index in [-0.39, 0.29) is 11.5 Å². The second-order valence-corrected chi connectivity index (χ2v) is 6.01. The van der Waals surface area contributed by atoms with Gasteiger partial charge in [-0.1, -0.05) is 12.1 Å². The maximum atomic E-state index is 11.9. The Balaban J connectivity index is 1.87. The molecule has 0 fully saturated rings. The third-order valence-corrected chi connectivity index (χ3v) is 4.30. The molecule has 7 heteroatoms. The van der Waals surface area contributed by atoms with Crippen LogP contribution in [0.4, 0.5) is 11.4 Å². The predicted octanol–water partition coefficient (Wildman–Crippen LogP) is 3.64. The van der Waals surface area contributed by atoms with Crippen LogP contribution in [0.2, 0.25) is 0 Å². The molecule has 138 valence electrons. The van der Waals surface area contributed by atoms with E-state index in [9.17, 15) is 15.0 Å². The molecule has 2 aromatic heterocycles. The molecule has 2 heterocycles. The number of nitrogens with zero attached hydrogens (tertiary/aromatic N) is 4. The van der Waals surface area contributed by atoms with Gasteiger partial charge in [-0.25, -0.2) is 4.68 Å². The van der Waals surface area contributed by atoms with Gasteiger partial charge in [-0.05, 0) is 42.5 Å². The fourth-order valence-corrected chi connectivity index (χ4v) is 3.04. The molecule has 0 atom stereocenters. The number of hydrogen-bond acceptors (Lipinski definition) is 5. The Labute approximate surface area is 160 Å². The average molecular weight is 372 g/mol. The highest BCUT2D eigenvalue weighted by Gasteiger charge is 2.18. The Morgan fingerprint density at radius 1 is 0.964 bits per heavy atom. The van der Waals surface area contributed by atoms with E-state index in [1.165, 1.54) is 17.0 Å². The zero-order valence-electron chi connectivity index (χ0n) is 14.7. The average Bonchev–Trinajstić information content (AvgIpc) is 3.19. The Morgan fingerprint density at radius 3 is 2.57 bits per heavy atom. The van der Waals surface area contributed by atoms with Gasteiger partial charge in [0.2, 0.25) is 6.41 Å². The number of pyridine rings is 1. The number of carbonyl (C=O) groups excluding carboxylic acids is 1. The van der Waals surface area contributed by atoms with Crippen molar-refractivity contribution in [2.75, 3.05) is 4.90 Å². The second kappa shape index (κ2) is 7.24. The molecule has 0 aliphatic carbocycles. The third-order valence-electron chi connectivity index (χ3n) is 4.30. The molecule has 28 heavy (non-hydrogen) atoms. The van der Waals surface area contributed by atoms with Crippen LogP contribution in [0.15, 0.2) is 79.3 Å². The molecule has 0 saturated carbocycles. The number of benzene rings is 2. The van der Waals surface area contributed by atoms with Crippen molar-refractivity contribution >= 4 is 17.8 Å². The number of phenols is 2. The Kier molecular flexibility index (Phi) is 4.47. The van der Waals surface area contributed by atoms with Crippen LogP contribution in [0, 0.1) is 0 Å². The number of anilines is 2. The van der Waals surface area contributed by atoms with Crippen molar-refractivity contribution in [3.05, 3.63) is 79.3 Å². The molecule has 0 aliphatic rings. The van der Waals surface area contributed by atoms with Crippen LogP contribution in [0.25, 0.3) is 16.9 Å². The summed E-state index contributed by atoms with van der Waals surface area (Å²) in [5, 5.41) is 24.2. The van der Waals surface area contributed by atoms with Gasteiger partial charge in [0, 0.05) is 17.8 Å². The second-order valence-electron chi connectivity index (χ2n) is 6.01. The van der Waals surface area contributed by atoms with Crippen molar-refractivity contribution in [3.63, 3.8) is 0 Å². The van der Waals surface area contributed by atoms with E-state index in [0.29, 0.717) is 28.3 Å². The molecular weight excluding hydrogens is 356 g/mol. The number of phenolic OH excluding ortho intramolecular Hbond substituents is 2. The van der Waals surface area contributed by atoms with Gasteiger partial charge in [0.15, 0.2) is 0 Å². The first kappa shape index (κ1) is 17.3. The van der Waals surface area contributed by atoms with Crippen LogP contribution in [0.3, 0.4) is 0 Å². The van der Waals surface area contributed by atoms with Crippen molar-refractivity contribution < 1.29 is 15.0 Å². The van der Waals surface area contributed by atoms with Gasteiger partial charge >= 0.3 is 0 Å². The van der Waals surface area contributed by atoms with Crippen molar-refractivity contribution in [1.82, 2.24) is 14.8 Å². The zero-order chi connectivity index (χ0) is 19.5. The normalized spacial score (nSPS) is 10.6. The summed E-state index contributed by atoms with van der Waals surface area (Å²) in [6, 6.07) is 17.0. The number of hydrogen-bond donors (Lipinski definition) is 2. The van der Waals surface area contributed by atoms with Crippen LogP contribution >= 0.6 is 0 Å². The summed E-state index contributed by atoms with van der Waals surface area (Å²) in [7, 11) is 0. The Hall–Kier alpha value is -4.13. The first-order chi connectivity index (χ1) is 13.7. The largest absolute Gasteiger partial charge is 0.508 e. The molecule has 4 aromatic rings. The topological polar surface area (TPSA) is 91.5 Å². The molecular formula is C21H16N4O3. The lowest BCUT2D eigenvalue weighted by atomic mass is 10.1. The molecule has 0 saturated heterocycles. The SMILES string of the molecule is O=CN(c1cccnc1)c1ccccc1-n1nccc1-c1ccc(O)cc1O. The fraction of sp³-hybridized carbons (Fsp3) is 0. The minimum absolute atomic E-state index is 0.0311. The van der Waals surface area contributed by atoms with E-state index in [0.717, 1.165) is 6.41 Å². The summed E-state index contributed by atoms with van der Waals surface area (Å²) in [5.74, 6) is -0.102. The van der Waals surface area contributed by atoms with Gasteiger partial charge in [-0.15, -0.1) is 0 Å². The Bertz CT molecular complexity index is 1130. The van der Waals surface area contributed by atoms with Gasteiger partial charge in [0.05, 0.1) is 35.1 Å². The summed E-state index contributed by atoms with van der Waals surface area (Å²) >= 11 is 0. The predicted molar refractivity (Wildman–Crippen MR) is 105 cm³/mol. The third kappa shape index (κ3) is 3.05. The van der Waals surface area contributed by atoms with Crippen LogP contribution in [0.5, 0.6) is 11.5 Å². The molecule has 0 bridgehead atoms. The zero-order valence-corrected chi connectivity index (χ0v) is 14.7. The number of carbonyl (C=O) groups is 1. The molecule has 0 spiro atoms. The Morgan fingerprint density at radius 2 is 1.82 bits per heavy atom. The van der Waals surface area contributed by atoms with Crippen LogP contribution in [0.1, 0.15) is 0 Å². The maximum absolute atomic E-state index is 11.9. The van der Waals surface area contributed by atoms with Crippen molar-refractivity contribution in [2.24, 2.45) is 0 Å². The first-order valence-corrected chi connectivity index (χ1v) is 8.49. The number of aromatic nitrogens is 3. The molecule has 7 nitrogen and oxygen atoms in total. The minimum atomic E-state index is -0.0706. The molecule has 0 aliphatic heterocycles. The number of aromatic hydroxyl groups is 2. The lowest BCUT2D eigenvalue weighted by molar-refractivity contribution is -0.106. The highest BCUT2D eigenvalue weighted by molar-refractivity contribution is 5.90. The number of rotatable bonds is 5. The summed E-state index contributed by atoms with van der Waals surface area (Å²) in [6.45, 7) is 0. The van der Waals surface area contributed by atoms with E-state index in [1.807, 2.05) is 18.2 Å². The summed E-state index contributed by atoms with van der Waals surface area (Å²) in [4.78, 5) is 17.4. The number of amides is 1. The van der Waals surface area contributed by atoms with Gasteiger partial charge in [0.1, 0.15) is 11.5 Å². The molecule has 1 amide bonds. The first-order valence-electron chi connectivity index (χ1n) is 8.49. The summed E-state index contributed by atoms with van der Waals surface area (Å²) in [6.07, 6.45) is 5.56. The van der Waals surface area contributed by atoms with E-state index in [2.05, 4.69) is 10.1 Å². The van der Waals surface area contributed by atoms with Crippen molar-refractivity contribution in [2.45, 2.75) is 0 Å². The van der Waals surface area contributed by atoms with E-state index in [1.54, 1.807) is 53.6 Å². The molecule has 2 aromatic carbocycles. The number of para-hydroxylation sites is 2. The van der Waals surface area contributed by atoms with Crippen molar-refractivity contribution in [1.29, 1.82) is 0 Å². The lowest BCUT2D eigenvalue weighted by Crippen LogP contribution is -2.17. The maximum Gasteiger partial charge on any atom is 0.218 e. The highest BCUT2D eigenvalue weighted by Crippen LogP contribution is 2.36. The van der Waals surface area contributed by atoms with Crippen LogP contribution in [-0.4, -0.2) is 31.4 Å². The standard InChI is InChI=1S/C21H16N4O3/c26-14-24(15-4-3-10-22-13-15)19-5-1-2-6-20(19)25-18(9-11-23-25)17-8-7-16(27)12-21(17)28/h1-14,27-28H. The van der Waals surface area contributed by atoms with Crippen LogP contribution < -0.4 is 4.90 Å². The quantitative estimate of drug-likeness (QED) is 0.522. The van der Waals surface area contributed by atoms with Gasteiger partial charge < -0.3 is 10.2 Å². The molecule has 2 N–H and O–H groups in total. The van der Waals surface area contributed by atoms with Crippen molar-refractivity contribution in [3.8, 4) is 28.4 Å². The van der Waals surface area contributed by atoms with Gasteiger partial charge in [-0.3, -0.25) is 14.7 Å².